The summed E-state index contributed by atoms with van der Waals surface area (Å²) in [6.07, 6.45) is 9.59. The lowest BCUT2D eigenvalue weighted by Crippen LogP contribution is -2.51. The van der Waals surface area contributed by atoms with Crippen LogP contribution in [0, 0.1) is 11.8 Å². The van der Waals surface area contributed by atoms with Crippen molar-refractivity contribution in [2.24, 2.45) is 11.8 Å². The van der Waals surface area contributed by atoms with Crippen LogP contribution in [0.1, 0.15) is 44.1 Å². The lowest BCUT2D eigenvalue weighted by molar-refractivity contribution is -0.134. The van der Waals surface area contributed by atoms with E-state index in [2.05, 4.69) is 15.1 Å². The third-order valence-corrected chi connectivity index (χ3v) is 6.09. The van der Waals surface area contributed by atoms with Gasteiger partial charge in [0, 0.05) is 43.7 Å². The minimum Gasteiger partial charge on any atom is -0.472 e. The molecule has 2 saturated heterocycles. The normalized spacial score (nSPS) is 25.2. The van der Waals surface area contributed by atoms with Crippen LogP contribution in [0.3, 0.4) is 0 Å². The molecule has 1 atom stereocenters. The number of nitrogens with one attached hydrogen (secondary N) is 1. The molecule has 4 rings (SSSR count). The van der Waals surface area contributed by atoms with Crippen LogP contribution in [0.5, 0.6) is 0 Å². The summed E-state index contributed by atoms with van der Waals surface area (Å²) in [7, 11) is 0. The molecule has 1 aromatic rings. The maximum atomic E-state index is 12.5. The van der Waals surface area contributed by atoms with Crippen molar-refractivity contribution in [3.63, 3.8) is 0 Å². The zero-order valence-electron chi connectivity index (χ0n) is 15.4. The zero-order chi connectivity index (χ0) is 17.9. The lowest BCUT2D eigenvalue weighted by Gasteiger charge is -2.42. The van der Waals surface area contributed by atoms with Crippen molar-refractivity contribution in [2.75, 3.05) is 26.2 Å². The molecule has 1 aromatic heterocycles. The Bertz CT molecular complexity index is 618. The molecule has 3 fully saturated rings. The van der Waals surface area contributed by atoms with Crippen molar-refractivity contribution < 1.29 is 14.0 Å². The molecule has 26 heavy (non-hydrogen) atoms. The third kappa shape index (κ3) is 4.11. The van der Waals surface area contributed by atoms with Crippen LogP contribution >= 0.6 is 0 Å². The molecule has 1 N–H and O–H groups in total. The molecule has 142 valence electrons. The molecular weight excluding hydrogens is 330 g/mol. The van der Waals surface area contributed by atoms with E-state index in [0.717, 1.165) is 70.3 Å². The average Bonchev–Trinajstić information content (AvgIpc) is 3.41. The van der Waals surface area contributed by atoms with Crippen LogP contribution in [0.15, 0.2) is 23.0 Å². The van der Waals surface area contributed by atoms with E-state index >= 15 is 0 Å². The fraction of sp³-hybridized carbons (Fsp3) is 0.700. The quantitative estimate of drug-likeness (QED) is 0.873. The monoisotopic (exact) mass is 359 g/mol. The molecule has 0 spiro atoms. The lowest BCUT2D eigenvalue weighted by atomic mass is 9.93. The number of hydrogen-bond acceptors (Lipinski definition) is 4. The highest BCUT2D eigenvalue weighted by Crippen LogP contribution is 2.32. The van der Waals surface area contributed by atoms with Crippen molar-refractivity contribution >= 4 is 11.8 Å². The molecule has 1 unspecified atom stereocenters. The van der Waals surface area contributed by atoms with Gasteiger partial charge in [0.25, 0.3) is 0 Å². The molecule has 3 aliphatic rings. The van der Waals surface area contributed by atoms with Crippen LogP contribution in [-0.2, 0) is 16.1 Å². The number of carbonyl (C=O) groups excluding carboxylic acids is 2. The van der Waals surface area contributed by atoms with E-state index in [9.17, 15) is 9.59 Å². The van der Waals surface area contributed by atoms with Crippen molar-refractivity contribution in [3.8, 4) is 0 Å². The van der Waals surface area contributed by atoms with Gasteiger partial charge in [-0.15, -0.1) is 0 Å². The standard InChI is InChI=1S/C20H29N3O3/c24-19(21-12-15-7-11-26-14-15)17-2-1-8-23(13-17)18-5-9-22(10-6-18)20(25)16-3-4-16/h7,11,14,16-18H,1-6,8-10,12-13H2,(H,21,24). The Morgan fingerprint density at radius 3 is 2.58 bits per heavy atom. The third-order valence-electron chi connectivity index (χ3n) is 6.09. The van der Waals surface area contributed by atoms with E-state index in [4.69, 9.17) is 4.42 Å². The summed E-state index contributed by atoms with van der Waals surface area (Å²) in [5.41, 5.74) is 0.999. The van der Waals surface area contributed by atoms with Gasteiger partial charge >= 0.3 is 0 Å². The molecule has 2 amide bonds. The number of furan rings is 1. The maximum Gasteiger partial charge on any atom is 0.225 e. The highest BCUT2D eigenvalue weighted by molar-refractivity contribution is 5.81. The largest absolute Gasteiger partial charge is 0.472 e. The summed E-state index contributed by atoms with van der Waals surface area (Å²) in [6.45, 7) is 4.22. The summed E-state index contributed by atoms with van der Waals surface area (Å²) >= 11 is 0. The van der Waals surface area contributed by atoms with Gasteiger partial charge < -0.3 is 14.6 Å². The van der Waals surface area contributed by atoms with Crippen LogP contribution in [0.4, 0.5) is 0 Å². The predicted molar refractivity (Wildman–Crippen MR) is 97.2 cm³/mol. The molecule has 1 saturated carbocycles. The average molecular weight is 359 g/mol. The fourth-order valence-corrected chi connectivity index (χ4v) is 4.32. The van der Waals surface area contributed by atoms with Crippen molar-refractivity contribution in [1.29, 1.82) is 0 Å². The smallest absolute Gasteiger partial charge is 0.225 e. The van der Waals surface area contributed by atoms with Crippen LogP contribution in [0.25, 0.3) is 0 Å². The Kier molecular flexibility index (Phi) is 5.29. The van der Waals surface area contributed by atoms with Gasteiger partial charge in [-0.2, -0.15) is 0 Å². The molecule has 1 aliphatic carbocycles. The van der Waals surface area contributed by atoms with Crippen molar-refractivity contribution in [1.82, 2.24) is 15.1 Å². The zero-order valence-corrected chi connectivity index (χ0v) is 15.4. The number of piperidine rings is 2. The minimum absolute atomic E-state index is 0.0711. The molecule has 6 heteroatoms. The van der Waals surface area contributed by atoms with Gasteiger partial charge in [-0.3, -0.25) is 14.5 Å². The summed E-state index contributed by atoms with van der Waals surface area (Å²) in [4.78, 5) is 29.3. The van der Waals surface area contributed by atoms with Crippen molar-refractivity contribution in [3.05, 3.63) is 24.2 Å². The Labute approximate surface area is 154 Å². The second kappa shape index (κ2) is 7.82. The van der Waals surface area contributed by atoms with E-state index in [1.807, 2.05) is 6.07 Å². The first-order chi connectivity index (χ1) is 12.7. The highest BCUT2D eigenvalue weighted by atomic mass is 16.3. The molecule has 3 heterocycles. The van der Waals surface area contributed by atoms with E-state index < -0.39 is 0 Å². The van der Waals surface area contributed by atoms with Gasteiger partial charge in [0.15, 0.2) is 0 Å². The highest BCUT2D eigenvalue weighted by Gasteiger charge is 2.37. The second-order valence-corrected chi connectivity index (χ2v) is 8.01. The molecule has 0 bridgehead atoms. The van der Waals surface area contributed by atoms with E-state index in [1.54, 1.807) is 12.5 Å². The molecule has 2 aliphatic heterocycles. The molecule has 6 nitrogen and oxygen atoms in total. The first-order valence-corrected chi connectivity index (χ1v) is 10.0. The summed E-state index contributed by atoms with van der Waals surface area (Å²) in [6, 6.07) is 2.40. The summed E-state index contributed by atoms with van der Waals surface area (Å²) in [5.74, 6) is 0.919. The van der Waals surface area contributed by atoms with E-state index in [-0.39, 0.29) is 11.8 Å². The predicted octanol–water partition coefficient (Wildman–Crippen LogP) is 2.01. The Hall–Kier alpha value is -1.82. The number of likely N-dealkylation sites (tertiary alicyclic amines) is 2. The number of hydrogen-bond donors (Lipinski definition) is 1. The number of rotatable bonds is 5. The maximum absolute atomic E-state index is 12.5. The number of carbonyl (C=O) groups is 2. The van der Waals surface area contributed by atoms with E-state index in [0.29, 0.717) is 24.4 Å². The first-order valence-electron chi connectivity index (χ1n) is 10.0. The van der Waals surface area contributed by atoms with Gasteiger partial charge in [-0.05, 0) is 51.1 Å². The Morgan fingerprint density at radius 1 is 1.08 bits per heavy atom. The second-order valence-electron chi connectivity index (χ2n) is 8.01. The molecular formula is C20H29N3O3. The minimum atomic E-state index is 0.0711. The van der Waals surface area contributed by atoms with Gasteiger partial charge in [-0.1, -0.05) is 0 Å². The van der Waals surface area contributed by atoms with Gasteiger partial charge in [0.2, 0.25) is 11.8 Å². The van der Waals surface area contributed by atoms with Crippen LogP contribution in [0.2, 0.25) is 0 Å². The first kappa shape index (κ1) is 17.6. The van der Waals surface area contributed by atoms with Crippen LogP contribution in [-0.4, -0.2) is 53.8 Å². The molecule has 0 aromatic carbocycles. The van der Waals surface area contributed by atoms with Gasteiger partial charge in [0.1, 0.15) is 0 Å². The van der Waals surface area contributed by atoms with Crippen molar-refractivity contribution in [2.45, 2.75) is 51.1 Å². The topological polar surface area (TPSA) is 65.8 Å². The Morgan fingerprint density at radius 2 is 1.88 bits per heavy atom. The summed E-state index contributed by atoms with van der Waals surface area (Å²) < 4.78 is 5.05. The van der Waals surface area contributed by atoms with E-state index in [1.165, 1.54) is 0 Å². The number of nitrogens with zero attached hydrogens (tertiary/aromatic N) is 2. The van der Waals surface area contributed by atoms with Crippen LogP contribution < -0.4 is 5.32 Å². The van der Waals surface area contributed by atoms with Gasteiger partial charge in [0.05, 0.1) is 18.4 Å². The molecule has 0 radical (unpaired) electrons. The SMILES string of the molecule is O=C(NCc1ccoc1)C1CCCN(C2CCN(C(=O)C3CC3)CC2)C1. The summed E-state index contributed by atoms with van der Waals surface area (Å²) in [5, 5.41) is 3.04. The Balaban J connectivity index is 1.24. The fourth-order valence-electron chi connectivity index (χ4n) is 4.32. The number of amides is 2. The van der Waals surface area contributed by atoms with Gasteiger partial charge in [-0.25, -0.2) is 0 Å².